The second-order valence-corrected chi connectivity index (χ2v) is 14.8. The minimum Gasteiger partial charge on any atom is -0.383 e. The van der Waals surface area contributed by atoms with Gasteiger partial charge in [-0.3, -0.25) is 29.6 Å². The average molecular weight is 636 g/mol. The van der Waals surface area contributed by atoms with Crippen molar-refractivity contribution in [1.82, 2.24) is 30.1 Å². The van der Waals surface area contributed by atoms with Gasteiger partial charge >= 0.3 is 0 Å². The number of anilines is 1. The molecule has 9 rings (SSSR count). The van der Waals surface area contributed by atoms with Crippen LogP contribution in [0.3, 0.4) is 0 Å². The zero-order valence-corrected chi connectivity index (χ0v) is 27.0. The summed E-state index contributed by atoms with van der Waals surface area (Å²) in [5, 5.41) is 17.6. The SMILES string of the molecule is CC(C)c1cnc(NC23CC(c4ccc(CN5CCC(O)(c6ccc7c(n6)CN(C6CCC(=O)NC6=O)C7=O)CC5)cc4)(C2)C3)nc1. The highest BCUT2D eigenvalue weighted by molar-refractivity contribution is 6.05. The van der Waals surface area contributed by atoms with E-state index in [4.69, 9.17) is 4.98 Å². The molecule has 5 fully saturated rings. The highest BCUT2D eigenvalue weighted by Gasteiger charge is 2.68. The number of pyridine rings is 1. The number of benzene rings is 1. The standard InChI is InChI=1S/C36H41N7O4/c1-22(2)24-15-37-33(38-16-24)41-35-19-34(20-35,21-35)25-5-3-23(4-6-25)17-42-13-11-36(47,12-14-42)29-9-7-26-27(39-29)18-43(32(26)46)28-8-10-30(44)40-31(28)45/h3-7,9,15-16,22,28,47H,8,10-14,17-21H2,1-2H3,(H,37,38,41)(H,40,44,45). The Bertz CT molecular complexity index is 1730. The number of aliphatic hydroxyl groups is 1. The Kier molecular flexibility index (Phi) is 7.00. The maximum absolute atomic E-state index is 13.1. The molecule has 1 unspecified atom stereocenters. The van der Waals surface area contributed by atoms with Crippen LogP contribution >= 0.6 is 0 Å². The first-order valence-corrected chi connectivity index (χ1v) is 16.8. The smallest absolute Gasteiger partial charge is 0.256 e. The summed E-state index contributed by atoms with van der Waals surface area (Å²) in [6.45, 7) is 6.79. The van der Waals surface area contributed by atoms with Crippen molar-refractivity contribution in [1.29, 1.82) is 0 Å². The fourth-order valence-electron chi connectivity index (χ4n) is 8.42. The van der Waals surface area contributed by atoms with Gasteiger partial charge in [0, 0.05) is 49.4 Å². The largest absolute Gasteiger partial charge is 0.383 e. The maximum Gasteiger partial charge on any atom is 0.256 e. The quantitative estimate of drug-likeness (QED) is 0.317. The van der Waals surface area contributed by atoms with E-state index in [-0.39, 0.29) is 35.7 Å². The van der Waals surface area contributed by atoms with Gasteiger partial charge < -0.3 is 15.3 Å². The molecule has 3 aliphatic heterocycles. The van der Waals surface area contributed by atoms with Crippen molar-refractivity contribution < 1.29 is 19.5 Å². The van der Waals surface area contributed by atoms with Crippen molar-refractivity contribution in [2.45, 2.75) is 100 Å². The molecular weight excluding hydrogens is 594 g/mol. The molecule has 0 spiro atoms. The molecule has 11 nitrogen and oxygen atoms in total. The molecule has 1 atom stereocenters. The van der Waals surface area contributed by atoms with Crippen LogP contribution in [0.5, 0.6) is 0 Å². The molecule has 3 N–H and O–H groups in total. The van der Waals surface area contributed by atoms with Crippen LogP contribution in [0.15, 0.2) is 48.8 Å². The Hall–Kier alpha value is -4.22. The van der Waals surface area contributed by atoms with Gasteiger partial charge in [0.15, 0.2) is 0 Å². The minimum atomic E-state index is -1.07. The van der Waals surface area contributed by atoms with E-state index in [0.717, 1.165) is 50.4 Å². The third-order valence-corrected chi connectivity index (χ3v) is 11.3. The Morgan fingerprint density at radius 1 is 1.00 bits per heavy atom. The van der Waals surface area contributed by atoms with Gasteiger partial charge in [0.05, 0.1) is 23.5 Å². The van der Waals surface area contributed by atoms with Gasteiger partial charge in [0.2, 0.25) is 17.8 Å². The predicted molar refractivity (Wildman–Crippen MR) is 173 cm³/mol. The van der Waals surface area contributed by atoms with Gasteiger partial charge in [-0.05, 0) is 73.3 Å². The van der Waals surface area contributed by atoms with Crippen LogP contribution in [-0.2, 0) is 33.7 Å². The zero-order chi connectivity index (χ0) is 32.6. The second-order valence-electron chi connectivity index (χ2n) is 14.8. The molecule has 2 bridgehead atoms. The van der Waals surface area contributed by atoms with Crippen LogP contribution in [0.25, 0.3) is 0 Å². The Morgan fingerprint density at radius 2 is 1.70 bits per heavy atom. The normalized spacial score (nSPS) is 28.0. The number of aromatic nitrogens is 3. The number of carbonyl (C=O) groups excluding carboxylic acids is 3. The van der Waals surface area contributed by atoms with E-state index in [1.54, 1.807) is 12.1 Å². The van der Waals surface area contributed by atoms with E-state index in [1.165, 1.54) is 16.0 Å². The van der Waals surface area contributed by atoms with Crippen molar-refractivity contribution in [3.05, 3.63) is 82.4 Å². The third-order valence-electron chi connectivity index (χ3n) is 11.3. The maximum atomic E-state index is 13.1. The molecule has 244 valence electrons. The van der Waals surface area contributed by atoms with Gasteiger partial charge in [-0.1, -0.05) is 38.1 Å². The summed E-state index contributed by atoms with van der Waals surface area (Å²) in [4.78, 5) is 54.7. The Morgan fingerprint density at radius 3 is 2.36 bits per heavy atom. The van der Waals surface area contributed by atoms with Gasteiger partial charge in [0.1, 0.15) is 11.6 Å². The average Bonchev–Trinajstić information content (AvgIpc) is 3.35. The molecule has 2 aromatic heterocycles. The topological polar surface area (TPSA) is 141 Å². The van der Waals surface area contributed by atoms with Crippen molar-refractivity contribution in [2.75, 3.05) is 18.4 Å². The number of nitrogens with one attached hydrogen (secondary N) is 2. The molecular formula is C36H41N7O4. The Balaban J connectivity index is 0.842. The van der Waals surface area contributed by atoms with E-state index in [1.807, 2.05) is 12.4 Å². The molecule has 3 aliphatic carbocycles. The lowest BCUT2D eigenvalue weighted by Crippen LogP contribution is -2.73. The van der Waals surface area contributed by atoms with Crippen LogP contribution < -0.4 is 10.6 Å². The number of carbonyl (C=O) groups is 3. The highest BCUT2D eigenvalue weighted by atomic mass is 16.3. The van der Waals surface area contributed by atoms with Gasteiger partial charge in [0.25, 0.3) is 5.91 Å². The van der Waals surface area contributed by atoms with Crippen molar-refractivity contribution in [3.8, 4) is 0 Å². The van der Waals surface area contributed by atoms with Crippen molar-refractivity contribution >= 4 is 23.7 Å². The summed E-state index contributed by atoms with van der Waals surface area (Å²) in [6.07, 6.45) is 8.79. The molecule has 3 saturated carbocycles. The van der Waals surface area contributed by atoms with E-state index >= 15 is 0 Å². The first kappa shape index (κ1) is 30.1. The molecule has 3 aromatic rings. The molecule has 0 radical (unpaired) electrons. The highest BCUT2D eigenvalue weighted by Crippen LogP contribution is 2.68. The number of rotatable bonds is 8. The summed E-state index contributed by atoms with van der Waals surface area (Å²) in [5.41, 5.74) is 4.74. The number of piperidine rings is 2. The van der Waals surface area contributed by atoms with Crippen LogP contribution in [-0.4, -0.2) is 72.3 Å². The third kappa shape index (κ3) is 5.20. The number of likely N-dealkylation sites (tertiary alicyclic amines) is 1. The number of hydrogen-bond acceptors (Lipinski definition) is 9. The number of nitrogens with zero attached hydrogens (tertiary/aromatic N) is 5. The summed E-state index contributed by atoms with van der Waals surface area (Å²) < 4.78 is 0. The van der Waals surface area contributed by atoms with E-state index in [0.29, 0.717) is 42.1 Å². The second kappa shape index (κ2) is 10.9. The van der Waals surface area contributed by atoms with Crippen LogP contribution in [0.1, 0.15) is 103 Å². The van der Waals surface area contributed by atoms with E-state index < -0.39 is 17.6 Å². The molecule has 6 aliphatic rings. The van der Waals surface area contributed by atoms with Crippen LogP contribution in [0.2, 0.25) is 0 Å². The lowest BCUT2D eigenvalue weighted by molar-refractivity contribution is -0.136. The first-order chi connectivity index (χ1) is 22.5. The lowest BCUT2D eigenvalue weighted by Gasteiger charge is -2.71. The molecule has 47 heavy (non-hydrogen) atoms. The van der Waals surface area contributed by atoms with Crippen molar-refractivity contribution in [2.24, 2.45) is 0 Å². The number of hydrogen-bond donors (Lipinski definition) is 3. The lowest BCUT2D eigenvalue weighted by atomic mass is 9.37. The molecule has 1 aromatic carbocycles. The summed E-state index contributed by atoms with van der Waals surface area (Å²) >= 11 is 0. The first-order valence-electron chi connectivity index (χ1n) is 16.8. The van der Waals surface area contributed by atoms with Gasteiger partial charge in [-0.15, -0.1) is 0 Å². The molecule has 2 saturated heterocycles. The number of imide groups is 1. The fraction of sp³-hybridized carbons (Fsp3) is 0.500. The van der Waals surface area contributed by atoms with E-state index in [9.17, 15) is 19.5 Å². The molecule has 5 heterocycles. The predicted octanol–water partition coefficient (Wildman–Crippen LogP) is 3.53. The number of amides is 3. The van der Waals surface area contributed by atoms with Crippen molar-refractivity contribution in [3.63, 3.8) is 0 Å². The summed E-state index contributed by atoms with van der Waals surface area (Å²) in [6, 6.07) is 11.9. The summed E-state index contributed by atoms with van der Waals surface area (Å²) in [5.74, 6) is 0.141. The fourth-order valence-corrected chi connectivity index (χ4v) is 8.42. The zero-order valence-electron chi connectivity index (χ0n) is 27.0. The van der Waals surface area contributed by atoms with Crippen LogP contribution in [0.4, 0.5) is 5.95 Å². The number of fused-ring (bicyclic) bond motifs is 1. The Labute approximate surface area is 274 Å². The summed E-state index contributed by atoms with van der Waals surface area (Å²) in [7, 11) is 0. The monoisotopic (exact) mass is 635 g/mol. The van der Waals surface area contributed by atoms with Gasteiger partial charge in [-0.2, -0.15) is 0 Å². The van der Waals surface area contributed by atoms with E-state index in [2.05, 4.69) is 63.6 Å². The molecule has 11 heteroatoms. The van der Waals surface area contributed by atoms with Crippen LogP contribution in [0, 0.1) is 0 Å². The van der Waals surface area contributed by atoms with Gasteiger partial charge in [-0.25, -0.2) is 9.97 Å². The molecule has 3 amide bonds. The minimum absolute atomic E-state index is 0.124.